The summed E-state index contributed by atoms with van der Waals surface area (Å²) in [6.45, 7) is 1.63. The van der Waals surface area contributed by atoms with Crippen molar-refractivity contribution in [3.05, 3.63) is 63.4 Å². The monoisotopic (exact) mass is 420 g/mol. The third kappa shape index (κ3) is 4.72. The maximum Gasteiger partial charge on any atom is 0.262 e. The number of carbonyl (C=O) groups is 1. The van der Waals surface area contributed by atoms with Crippen LogP contribution < -0.4 is 10.2 Å². The van der Waals surface area contributed by atoms with Gasteiger partial charge in [-0.1, -0.05) is 28.1 Å². The number of amides is 1. The summed E-state index contributed by atoms with van der Waals surface area (Å²) < 4.78 is 37.2. The molecule has 0 bridgehead atoms. The molecule has 0 aliphatic rings. The standard InChI is InChI=1S/C16H15Cl2FN2O4S/c1-9(12-7-15(19)14(18)8-13(12)17)20-16(22)10-3-5-11(6-4-10)26(23,24)21-25-2/h3-9,21H,1-2H3,(H,20,22). The number of nitrogens with one attached hydrogen (secondary N) is 2. The summed E-state index contributed by atoms with van der Waals surface area (Å²) in [7, 11) is -2.64. The first-order valence-electron chi connectivity index (χ1n) is 7.26. The molecule has 0 heterocycles. The zero-order valence-corrected chi connectivity index (χ0v) is 16.0. The Morgan fingerprint density at radius 3 is 2.35 bits per heavy atom. The molecule has 2 aromatic carbocycles. The second-order valence-corrected chi connectivity index (χ2v) is 7.76. The van der Waals surface area contributed by atoms with Gasteiger partial charge in [0.15, 0.2) is 0 Å². The normalized spacial score (nSPS) is 12.7. The zero-order valence-electron chi connectivity index (χ0n) is 13.7. The molecule has 0 aliphatic heterocycles. The van der Waals surface area contributed by atoms with Gasteiger partial charge in [0.1, 0.15) is 5.82 Å². The van der Waals surface area contributed by atoms with Crippen molar-refractivity contribution in [2.45, 2.75) is 17.9 Å². The number of sulfonamides is 1. The largest absolute Gasteiger partial charge is 0.345 e. The fourth-order valence-corrected chi connectivity index (χ4v) is 3.53. The van der Waals surface area contributed by atoms with Crippen LogP contribution in [0.3, 0.4) is 0 Å². The highest BCUT2D eigenvalue weighted by Crippen LogP contribution is 2.28. The highest BCUT2D eigenvalue weighted by molar-refractivity contribution is 7.89. The van der Waals surface area contributed by atoms with Gasteiger partial charge in [-0.2, -0.15) is 0 Å². The van der Waals surface area contributed by atoms with Crippen molar-refractivity contribution < 1.29 is 22.4 Å². The minimum atomic E-state index is -3.81. The van der Waals surface area contributed by atoms with Crippen LogP contribution in [0.4, 0.5) is 4.39 Å². The van der Waals surface area contributed by atoms with Crippen molar-refractivity contribution in [1.82, 2.24) is 10.2 Å². The van der Waals surface area contributed by atoms with Gasteiger partial charge in [-0.3, -0.25) is 9.63 Å². The van der Waals surface area contributed by atoms with E-state index in [9.17, 15) is 17.6 Å². The van der Waals surface area contributed by atoms with Crippen LogP contribution in [0.1, 0.15) is 28.9 Å². The van der Waals surface area contributed by atoms with E-state index in [1.165, 1.54) is 37.4 Å². The van der Waals surface area contributed by atoms with Gasteiger partial charge in [0, 0.05) is 10.6 Å². The van der Waals surface area contributed by atoms with Gasteiger partial charge in [-0.15, -0.1) is 0 Å². The summed E-state index contributed by atoms with van der Waals surface area (Å²) >= 11 is 11.7. The summed E-state index contributed by atoms with van der Waals surface area (Å²) in [4.78, 5) is 18.5. The molecule has 0 aliphatic carbocycles. The summed E-state index contributed by atoms with van der Waals surface area (Å²) in [6, 6.07) is 7.03. The van der Waals surface area contributed by atoms with E-state index in [2.05, 4.69) is 10.2 Å². The second kappa shape index (κ2) is 8.32. The van der Waals surface area contributed by atoms with Gasteiger partial charge in [0.25, 0.3) is 15.9 Å². The highest BCUT2D eigenvalue weighted by atomic mass is 35.5. The smallest absolute Gasteiger partial charge is 0.262 e. The Balaban J connectivity index is 2.16. The van der Waals surface area contributed by atoms with E-state index in [1.54, 1.807) is 6.92 Å². The molecular weight excluding hydrogens is 406 g/mol. The highest BCUT2D eigenvalue weighted by Gasteiger charge is 2.18. The van der Waals surface area contributed by atoms with Crippen molar-refractivity contribution in [3.8, 4) is 0 Å². The first-order chi connectivity index (χ1) is 12.2. The van der Waals surface area contributed by atoms with Gasteiger partial charge in [0.2, 0.25) is 0 Å². The molecule has 0 saturated carbocycles. The van der Waals surface area contributed by atoms with Crippen LogP contribution in [-0.4, -0.2) is 21.4 Å². The molecule has 1 atom stereocenters. The SMILES string of the molecule is CONS(=O)(=O)c1ccc(C(=O)NC(C)c2cc(F)c(Cl)cc2Cl)cc1. The Labute approximate surface area is 160 Å². The number of benzene rings is 2. The van der Waals surface area contributed by atoms with E-state index in [0.29, 0.717) is 5.56 Å². The van der Waals surface area contributed by atoms with E-state index in [4.69, 9.17) is 23.2 Å². The third-order valence-corrected chi connectivity index (χ3v) is 5.37. The second-order valence-electron chi connectivity index (χ2n) is 5.30. The maximum atomic E-state index is 13.6. The predicted octanol–water partition coefficient (Wildman–Crippen LogP) is 3.46. The van der Waals surface area contributed by atoms with E-state index in [-0.39, 0.29) is 20.5 Å². The molecule has 2 rings (SSSR count). The maximum absolute atomic E-state index is 13.6. The van der Waals surface area contributed by atoms with Crippen LogP contribution in [0, 0.1) is 5.82 Å². The quantitative estimate of drug-likeness (QED) is 0.553. The van der Waals surface area contributed by atoms with Crippen molar-refractivity contribution in [2.75, 3.05) is 7.11 Å². The fraction of sp³-hybridized carbons (Fsp3) is 0.188. The lowest BCUT2D eigenvalue weighted by molar-refractivity contribution is 0.0939. The van der Waals surface area contributed by atoms with Gasteiger partial charge < -0.3 is 5.32 Å². The molecule has 0 fully saturated rings. The van der Waals surface area contributed by atoms with Gasteiger partial charge in [-0.05, 0) is 48.9 Å². The Morgan fingerprint density at radius 1 is 1.15 bits per heavy atom. The summed E-state index contributed by atoms with van der Waals surface area (Å²) in [5.74, 6) is -1.13. The Kier molecular flexibility index (Phi) is 6.59. The summed E-state index contributed by atoms with van der Waals surface area (Å²) in [5, 5.41) is 2.77. The van der Waals surface area contributed by atoms with Crippen molar-refractivity contribution in [1.29, 1.82) is 0 Å². The van der Waals surface area contributed by atoms with E-state index in [1.807, 2.05) is 4.89 Å². The van der Waals surface area contributed by atoms with Gasteiger partial charge in [-0.25, -0.2) is 12.8 Å². The van der Waals surface area contributed by atoms with Crippen molar-refractivity contribution in [3.63, 3.8) is 0 Å². The lowest BCUT2D eigenvalue weighted by Gasteiger charge is -2.16. The number of carbonyl (C=O) groups excluding carboxylic acids is 1. The molecule has 140 valence electrons. The number of hydrogen-bond acceptors (Lipinski definition) is 4. The number of hydrogen-bond donors (Lipinski definition) is 2. The Morgan fingerprint density at radius 2 is 1.77 bits per heavy atom. The average molecular weight is 421 g/mol. The van der Waals surface area contributed by atoms with E-state index in [0.717, 1.165) is 6.07 Å². The molecule has 1 amide bonds. The topological polar surface area (TPSA) is 84.5 Å². The van der Waals surface area contributed by atoms with Crippen LogP contribution >= 0.6 is 23.2 Å². The molecule has 0 saturated heterocycles. The van der Waals surface area contributed by atoms with Crippen LogP contribution in [0.2, 0.25) is 10.0 Å². The molecular formula is C16H15Cl2FN2O4S. The molecule has 0 radical (unpaired) electrons. The van der Waals surface area contributed by atoms with Gasteiger partial charge in [0.05, 0.1) is 23.1 Å². The van der Waals surface area contributed by atoms with E-state index < -0.39 is 27.8 Å². The lowest BCUT2D eigenvalue weighted by Crippen LogP contribution is -2.27. The van der Waals surface area contributed by atoms with Crippen LogP contribution in [0.15, 0.2) is 41.3 Å². The molecule has 10 heteroatoms. The predicted molar refractivity (Wildman–Crippen MR) is 96.1 cm³/mol. The van der Waals surface area contributed by atoms with Crippen LogP contribution in [-0.2, 0) is 14.9 Å². The molecule has 26 heavy (non-hydrogen) atoms. The Bertz CT molecular complexity index is 921. The Hall–Kier alpha value is -1.71. The first-order valence-corrected chi connectivity index (χ1v) is 9.49. The molecule has 0 aromatic heterocycles. The van der Waals surface area contributed by atoms with Crippen molar-refractivity contribution in [2.24, 2.45) is 0 Å². The molecule has 2 aromatic rings. The van der Waals surface area contributed by atoms with E-state index >= 15 is 0 Å². The molecule has 0 spiro atoms. The molecule has 2 N–H and O–H groups in total. The molecule has 1 unspecified atom stereocenters. The lowest BCUT2D eigenvalue weighted by atomic mass is 10.1. The average Bonchev–Trinajstić information content (AvgIpc) is 2.58. The molecule has 6 nitrogen and oxygen atoms in total. The minimum Gasteiger partial charge on any atom is -0.345 e. The summed E-state index contributed by atoms with van der Waals surface area (Å²) in [5.41, 5.74) is 0.587. The minimum absolute atomic E-state index is 0.0632. The van der Waals surface area contributed by atoms with Crippen LogP contribution in [0.5, 0.6) is 0 Å². The first kappa shape index (κ1) is 20.6. The number of halogens is 3. The van der Waals surface area contributed by atoms with Crippen LogP contribution in [0.25, 0.3) is 0 Å². The van der Waals surface area contributed by atoms with Crippen molar-refractivity contribution >= 4 is 39.1 Å². The third-order valence-electron chi connectivity index (χ3n) is 3.47. The fourth-order valence-electron chi connectivity index (χ4n) is 2.17. The number of rotatable bonds is 6. The van der Waals surface area contributed by atoms with Gasteiger partial charge >= 0.3 is 0 Å². The summed E-state index contributed by atoms with van der Waals surface area (Å²) in [6.07, 6.45) is 0. The zero-order chi connectivity index (χ0) is 19.5.